The van der Waals surface area contributed by atoms with Crippen LogP contribution in [-0.4, -0.2) is 38.8 Å². The molecule has 0 radical (unpaired) electrons. The first kappa shape index (κ1) is 18.0. The predicted octanol–water partition coefficient (Wildman–Crippen LogP) is 2.96. The SMILES string of the molecule is COc1cc2c(cc1OC)C(=O)C(F)(CC1CCNCC1)C2.Cl. The molecule has 0 amide bonds. The number of piperidine rings is 1. The van der Waals surface area contributed by atoms with Gasteiger partial charge in [0.15, 0.2) is 17.2 Å². The number of fused-ring (bicyclic) bond motifs is 1. The molecule has 128 valence electrons. The summed E-state index contributed by atoms with van der Waals surface area (Å²) in [7, 11) is 3.06. The molecule has 1 N–H and O–H groups in total. The van der Waals surface area contributed by atoms with Crippen molar-refractivity contribution in [3.05, 3.63) is 23.3 Å². The van der Waals surface area contributed by atoms with Gasteiger partial charge < -0.3 is 14.8 Å². The maximum atomic E-state index is 15.3. The number of benzene rings is 1. The van der Waals surface area contributed by atoms with Crippen LogP contribution in [0, 0.1) is 5.92 Å². The summed E-state index contributed by atoms with van der Waals surface area (Å²) >= 11 is 0. The summed E-state index contributed by atoms with van der Waals surface area (Å²) in [5.74, 6) is 0.885. The van der Waals surface area contributed by atoms with E-state index in [9.17, 15) is 4.79 Å². The summed E-state index contributed by atoms with van der Waals surface area (Å²) in [5, 5.41) is 3.27. The maximum absolute atomic E-state index is 15.3. The van der Waals surface area contributed by atoms with E-state index in [0.717, 1.165) is 31.5 Å². The summed E-state index contributed by atoms with van der Waals surface area (Å²) in [6.45, 7) is 1.81. The molecule has 2 aliphatic rings. The molecule has 1 aliphatic heterocycles. The summed E-state index contributed by atoms with van der Waals surface area (Å²) in [4.78, 5) is 12.6. The lowest BCUT2D eigenvalue weighted by Crippen LogP contribution is -2.37. The number of rotatable bonds is 4. The standard InChI is InChI=1S/C17H22FNO3.ClH/c1-21-14-7-12-10-17(18,9-11-3-5-19-6-4-11)16(20)13(12)8-15(14)22-2;/h7-8,11,19H,3-6,9-10H2,1-2H3;1H. The molecule has 1 heterocycles. The average molecular weight is 344 g/mol. The largest absolute Gasteiger partial charge is 0.493 e. The van der Waals surface area contributed by atoms with Gasteiger partial charge in [0.25, 0.3) is 0 Å². The van der Waals surface area contributed by atoms with Crippen LogP contribution in [0.5, 0.6) is 11.5 Å². The third kappa shape index (κ3) is 3.31. The van der Waals surface area contributed by atoms with Crippen molar-refractivity contribution >= 4 is 18.2 Å². The zero-order chi connectivity index (χ0) is 15.7. The Morgan fingerprint density at radius 3 is 2.43 bits per heavy atom. The van der Waals surface area contributed by atoms with Gasteiger partial charge in [-0.1, -0.05) is 0 Å². The Balaban J connectivity index is 0.00000192. The van der Waals surface area contributed by atoms with Gasteiger partial charge in [-0.25, -0.2) is 4.39 Å². The Kier molecular flexibility index (Phi) is 5.53. The maximum Gasteiger partial charge on any atom is 0.200 e. The second-order valence-corrected chi connectivity index (χ2v) is 6.23. The van der Waals surface area contributed by atoms with E-state index in [4.69, 9.17) is 9.47 Å². The molecule has 1 saturated heterocycles. The third-order valence-corrected chi connectivity index (χ3v) is 4.80. The number of ether oxygens (including phenoxy) is 2. The minimum atomic E-state index is -1.78. The number of hydrogen-bond donors (Lipinski definition) is 1. The zero-order valence-corrected chi connectivity index (χ0v) is 14.3. The smallest absolute Gasteiger partial charge is 0.200 e. The van der Waals surface area contributed by atoms with Gasteiger partial charge in [0.1, 0.15) is 0 Å². The topological polar surface area (TPSA) is 47.6 Å². The highest BCUT2D eigenvalue weighted by Crippen LogP contribution is 2.43. The number of methoxy groups -OCH3 is 2. The van der Waals surface area contributed by atoms with Crippen LogP contribution in [-0.2, 0) is 6.42 Å². The second-order valence-electron chi connectivity index (χ2n) is 6.23. The van der Waals surface area contributed by atoms with E-state index in [0.29, 0.717) is 23.5 Å². The van der Waals surface area contributed by atoms with Crippen LogP contribution in [0.3, 0.4) is 0 Å². The Bertz CT molecular complexity index is 589. The Hall–Kier alpha value is -1.33. The second kappa shape index (κ2) is 7.05. The van der Waals surface area contributed by atoms with Gasteiger partial charge >= 0.3 is 0 Å². The molecule has 0 saturated carbocycles. The molecule has 1 atom stereocenters. The number of carbonyl (C=O) groups excluding carboxylic acids is 1. The molecule has 0 aromatic heterocycles. The monoisotopic (exact) mass is 343 g/mol. The third-order valence-electron chi connectivity index (χ3n) is 4.80. The van der Waals surface area contributed by atoms with Crippen molar-refractivity contribution < 1.29 is 18.7 Å². The highest BCUT2D eigenvalue weighted by atomic mass is 35.5. The summed E-state index contributed by atoms with van der Waals surface area (Å²) in [6, 6.07) is 3.34. The van der Waals surface area contributed by atoms with Crippen molar-refractivity contribution in [3.8, 4) is 11.5 Å². The van der Waals surface area contributed by atoms with Gasteiger partial charge in [-0.05, 0) is 56.0 Å². The van der Waals surface area contributed by atoms with Crippen molar-refractivity contribution in [1.82, 2.24) is 5.32 Å². The minimum absolute atomic E-state index is 0. The normalized spacial score (nSPS) is 24.0. The van der Waals surface area contributed by atoms with Crippen LogP contribution < -0.4 is 14.8 Å². The lowest BCUT2D eigenvalue weighted by Gasteiger charge is -2.28. The van der Waals surface area contributed by atoms with E-state index in [1.54, 1.807) is 19.2 Å². The highest BCUT2D eigenvalue weighted by molar-refractivity contribution is 6.07. The first-order chi connectivity index (χ1) is 10.6. The van der Waals surface area contributed by atoms with Crippen LogP contribution in [0.2, 0.25) is 0 Å². The highest BCUT2D eigenvalue weighted by Gasteiger charge is 2.47. The molecule has 0 bridgehead atoms. The van der Waals surface area contributed by atoms with Crippen LogP contribution >= 0.6 is 12.4 Å². The molecule has 23 heavy (non-hydrogen) atoms. The molecule has 6 heteroatoms. The van der Waals surface area contributed by atoms with E-state index in [2.05, 4.69) is 5.32 Å². The van der Waals surface area contributed by atoms with Crippen molar-refractivity contribution in [2.45, 2.75) is 31.4 Å². The fraction of sp³-hybridized carbons (Fsp3) is 0.588. The van der Waals surface area contributed by atoms with E-state index >= 15 is 4.39 Å². The van der Waals surface area contributed by atoms with Crippen LogP contribution in [0.1, 0.15) is 35.2 Å². The Morgan fingerprint density at radius 2 is 1.83 bits per heavy atom. The van der Waals surface area contributed by atoms with Gasteiger partial charge in [0.2, 0.25) is 5.78 Å². The zero-order valence-electron chi connectivity index (χ0n) is 13.5. The molecular weight excluding hydrogens is 321 g/mol. The van der Waals surface area contributed by atoms with Crippen molar-refractivity contribution in [2.24, 2.45) is 5.92 Å². The van der Waals surface area contributed by atoms with Crippen molar-refractivity contribution in [1.29, 1.82) is 0 Å². The molecule has 1 aromatic carbocycles. The molecule has 1 unspecified atom stereocenters. The van der Waals surface area contributed by atoms with E-state index in [1.165, 1.54) is 7.11 Å². The molecule has 1 fully saturated rings. The predicted molar refractivity (Wildman–Crippen MR) is 88.9 cm³/mol. The van der Waals surface area contributed by atoms with E-state index in [-0.39, 0.29) is 24.7 Å². The summed E-state index contributed by atoms with van der Waals surface area (Å²) in [5.41, 5.74) is -0.616. The van der Waals surface area contributed by atoms with Crippen molar-refractivity contribution in [3.63, 3.8) is 0 Å². The minimum Gasteiger partial charge on any atom is -0.493 e. The lowest BCUT2D eigenvalue weighted by atomic mass is 9.84. The van der Waals surface area contributed by atoms with Crippen LogP contribution in [0.25, 0.3) is 0 Å². The van der Waals surface area contributed by atoms with Gasteiger partial charge in [0.05, 0.1) is 14.2 Å². The Labute approximate surface area is 142 Å². The molecule has 1 aliphatic carbocycles. The summed E-state index contributed by atoms with van der Waals surface area (Å²) < 4.78 is 25.8. The number of carbonyl (C=O) groups is 1. The number of Topliss-reactive ketones (excluding diaryl/α,β-unsaturated/α-hetero) is 1. The summed E-state index contributed by atoms with van der Waals surface area (Å²) in [6.07, 6.45) is 2.32. The van der Waals surface area contributed by atoms with Crippen LogP contribution in [0.4, 0.5) is 4.39 Å². The quantitative estimate of drug-likeness (QED) is 0.913. The van der Waals surface area contributed by atoms with Gasteiger partial charge in [-0.2, -0.15) is 0 Å². The molecule has 1 aromatic rings. The first-order valence-electron chi connectivity index (χ1n) is 7.77. The number of nitrogens with one attached hydrogen (secondary N) is 1. The number of hydrogen-bond acceptors (Lipinski definition) is 4. The first-order valence-corrected chi connectivity index (χ1v) is 7.77. The Morgan fingerprint density at radius 1 is 1.22 bits per heavy atom. The number of ketones is 1. The fourth-order valence-electron chi connectivity index (χ4n) is 3.61. The number of alkyl halides is 1. The van der Waals surface area contributed by atoms with Crippen molar-refractivity contribution in [2.75, 3.05) is 27.3 Å². The average Bonchev–Trinajstić information content (AvgIpc) is 2.77. The van der Waals surface area contributed by atoms with Gasteiger partial charge in [-0.15, -0.1) is 12.4 Å². The van der Waals surface area contributed by atoms with E-state index < -0.39 is 11.5 Å². The fourth-order valence-corrected chi connectivity index (χ4v) is 3.61. The number of halogens is 2. The van der Waals surface area contributed by atoms with Gasteiger partial charge in [-0.3, -0.25) is 4.79 Å². The molecular formula is C17H23ClFNO3. The molecule has 3 rings (SSSR count). The van der Waals surface area contributed by atoms with Crippen LogP contribution in [0.15, 0.2) is 12.1 Å². The molecule has 4 nitrogen and oxygen atoms in total. The van der Waals surface area contributed by atoms with E-state index in [1.807, 2.05) is 0 Å². The van der Waals surface area contributed by atoms with Gasteiger partial charge in [0, 0.05) is 12.0 Å². The lowest BCUT2D eigenvalue weighted by molar-refractivity contribution is 0.0632. The molecule has 0 spiro atoms.